The van der Waals surface area contributed by atoms with Crippen molar-refractivity contribution < 1.29 is 14.3 Å². The molecule has 1 aromatic carbocycles. The van der Waals surface area contributed by atoms with Gasteiger partial charge in [0.2, 0.25) is 11.8 Å². The molecule has 3 rings (SSSR count). The molecule has 5 heteroatoms. The second-order valence-corrected chi connectivity index (χ2v) is 7.32. The number of carbonyl (C=O) groups is 2. The van der Waals surface area contributed by atoms with E-state index in [9.17, 15) is 9.59 Å². The number of fused-ring (bicyclic) bond motifs is 2. The molecule has 3 unspecified atom stereocenters. The van der Waals surface area contributed by atoms with Gasteiger partial charge in [0.15, 0.2) is 0 Å². The van der Waals surface area contributed by atoms with Crippen LogP contribution < -0.4 is 10.1 Å². The maximum absolute atomic E-state index is 12.6. The van der Waals surface area contributed by atoms with E-state index in [0.717, 1.165) is 17.6 Å². The van der Waals surface area contributed by atoms with Crippen molar-refractivity contribution in [2.45, 2.75) is 39.0 Å². The van der Waals surface area contributed by atoms with Crippen molar-refractivity contribution in [2.75, 3.05) is 25.5 Å². The number of likely N-dealkylation sites (N-methyl/N-ethyl adjacent to an activating group) is 1. The minimum atomic E-state index is -0.159. The molecule has 1 N–H and O–H groups in total. The van der Waals surface area contributed by atoms with E-state index in [2.05, 4.69) is 5.32 Å². The van der Waals surface area contributed by atoms with E-state index in [1.165, 1.54) is 25.7 Å². The lowest BCUT2D eigenvalue weighted by atomic mass is 9.86. The highest BCUT2D eigenvalue weighted by molar-refractivity contribution is 5.94. The Kier molecular flexibility index (Phi) is 5.61. The molecule has 0 radical (unpaired) electrons. The number of ether oxygens (including phenoxy) is 1. The fraction of sp³-hybridized carbons (Fsp3) is 0.600. The van der Waals surface area contributed by atoms with Crippen molar-refractivity contribution in [2.24, 2.45) is 17.8 Å². The van der Waals surface area contributed by atoms with Crippen LogP contribution in [0.3, 0.4) is 0 Å². The number of methoxy groups -OCH3 is 1. The molecule has 2 aliphatic carbocycles. The molecule has 0 aliphatic heterocycles. The standard InChI is InChI=1S/C20H28N2O3/c1-3-22(20(24)12-16-11-14-4-5-15(16)10-14)13-19(23)21-17-6-8-18(25-2)9-7-17/h6-9,14-16H,3-5,10-13H2,1-2H3,(H,21,23). The Labute approximate surface area is 149 Å². The molecule has 0 spiro atoms. The summed E-state index contributed by atoms with van der Waals surface area (Å²) in [5, 5.41) is 2.85. The maximum atomic E-state index is 12.6. The number of amides is 2. The highest BCUT2D eigenvalue weighted by atomic mass is 16.5. The normalized spacial score (nSPS) is 24.2. The SMILES string of the molecule is CCN(CC(=O)Nc1ccc(OC)cc1)C(=O)CC1CC2CCC1C2. The van der Waals surface area contributed by atoms with Gasteiger partial charge in [0.1, 0.15) is 5.75 Å². The fourth-order valence-electron chi connectivity index (χ4n) is 4.40. The summed E-state index contributed by atoms with van der Waals surface area (Å²) in [6.45, 7) is 2.61. The molecular weight excluding hydrogens is 316 g/mol. The van der Waals surface area contributed by atoms with Gasteiger partial charge in [0.25, 0.3) is 0 Å². The van der Waals surface area contributed by atoms with E-state index in [1.54, 1.807) is 36.3 Å². The number of hydrogen-bond acceptors (Lipinski definition) is 3. The predicted molar refractivity (Wildman–Crippen MR) is 97.4 cm³/mol. The van der Waals surface area contributed by atoms with Crippen LogP contribution in [0.15, 0.2) is 24.3 Å². The van der Waals surface area contributed by atoms with Crippen LogP contribution in [-0.4, -0.2) is 36.9 Å². The van der Waals surface area contributed by atoms with E-state index in [1.807, 2.05) is 6.92 Å². The Morgan fingerprint density at radius 3 is 2.52 bits per heavy atom. The van der Waals surface area contributed by atoms with Gasteiger partial charge in [-0.25, -0.2) is 0 Å². The molecule has 136 valence electrons. The molecule has 3 atom stereocenters. The molecule has 2 fully saturated rings. The highest BCUT2D eigenvalue weighted by Gasteiger charge is 2.40. The first-order valence-electron chi connectivity index (χ1n) is 9.30. The second-order valence-electron chi connectivity index (χ2n) is 7.32. The van der Waals surface area contributed by atoms with Crippen LogP contribution in [0, 0.1) is 17.8 Å². The number of benzene rings is 1. The van der Waals surface area contributed by atoms with Crippen LogP contribution in [0.1, 0.15) is 39.0 Å². The third-order valence-corrected chi connectivity index (χ3v) is 5.76. The summed E-state index contributed by atoms with van der Waals surface area (Å²) in [5.74, 6) is 2.81. The zero-order valence-corrected chi connectivity index (χ0v) is 15.2. The minimum Gasteiger partial charge on any atom is -0.497 e. The largest absolute Gasteiger partial charge is 0.497 e. The molecule has 0 saturated heterocycles. The first kappa shape index (κ1) is 17.8. The lowest BCUT2D eigenvalue weighted by molar-refractivity contribution is -0.135. The number of anilines is 1. The lowest BCUT2D eigenvalue weighted by Gasteiger charge is -2.26. The molecule has 1 aromatic rings. The number of carbonyl (C=O) groups excluding carboxylic acids is 2. The molecule has 0 heterocycles. The van der Waals surface area contributed by atoms with Crippen molar-refractivity contribution in [3.05, 3.63) is 24.3 Å². The number of nitrogens with one attached hydrogen (secondary N) is 1. The number of hydrogen-bond donors (Lipinski definition) is 1. The zero-order valence-electron chi connectivity index (χ0n) is 15.2. The van der Waals surface area contributed by atoms with Gasteiger partial charge in [-0.15, -0.1) is 0 Å². The second kappa shape index (κ2) is 7.89. The summed E-state index contributed by atoms with van der Waals surface area (Å²) in [6.07, 6.45) is 5.74. The third-order valence-electron chi connectivity index (χ3n) is 5.76. The van der Waals surface area contributed by atoms with Crippen molar-refractivity contribution >= 4 is 17.5 Å². The quantitative estimate of drug-likeness (QED) is 0.825. The van der Waals surface area contributed by atoms with Gasteiger partial charge in [0.05, 0.1) is 13.7 Å². The van der Waals surface area contributed by atoms with Gasteiger partial charge in [-0.1, -0.05) is 6.42 Å². The first-order chi connectivity index (χ1) is 12.1. The average Bonchev–Trinajstić information content (AvgIpc) is 3.23. The van der Waals surface area contributed by atoms with Gasteiger partial charge in [-0.2, -0.15) is 0 Å². The van der Waals surface area contributed by atoms with Crippen LogP contribution in [0.5, 0.6) is 5.75 Å². The average molecular weight is 344 g/mol. The van der Waals surface area contributed by atoms with Crippen LogP contribution in [0.2, 0.25) is 0 Å². The first-order valence-corrected chi connectivity index (χ1v) is 9.30. The zero-order chi connectivity index (χ0) is 17.8. The van der Waals surface area contributed by atoms with Crippen LogP contribution >= 0.6 is 0 Å². The Morgan fingerprint density at radius 1 is 1.20 bits per heavy atom. The lowest BCUT2D eigenvalue weighted by Crippen LogP contribution is -2.39. The summed E-state index contributed by atoms with van der Waals surface area (Å²) in [7, 11) is 1.61. The fourth-order valence-corrected chi connectivity index (χ4v) is 4.40. The van der Waals surface area contributed by atoms with Gasteiger partial charge in [-0.3, -0.25) is 9.59 Å². The van der Waals surface area contributed by atoms with Crippen molar-refractivity contribution in [3.63, 3.8) is 0 Å². The molecule has 2 saturated carbocycles. The Balaban J connectivity index is 1.50. The van der Waals surface area contributed by atoms with E-state index < -0.39 is 0 Å². The molecular formula is C20H28N2O3. The summed E-state index contributed by atoms with van der Waals surface area (Å²) >= 11 is 0. The predicted octanol–water partition coefficient (Wildman–Crippen LogP) is 3.31. The molecule has 2 amide bonds. The molecule has 5 nitrogen and oxygen atoms in total. The molecule has 0 aromatic heterocycles. The van der Waals surface area contributed by atoms with Crippen LogP contribution in [-0.2, 0) is 9.59 Å². The number of nitrogens with zero attached hydrogens (tertiary/aromatic N) is 1. The molecule has 25 heavy (non-hydrogen) atoms. The maximum Gasteiger partial charge on any atom is 0.243 e. The van der Waals surface area contributed by atoms with Gasteiger partial charge in [-0.05, 0) is 68.2 Å². The van der Waals surface area contributed by atoms with Gasteiger partial charge >= 0.3 is 0 Å². The van der Waals surface area contributed by atoms with Gasteiger partial charge in [0, 0.05) is 18.7 Å². The monoisotopic (exact) mass is 344 g/mol. The topological polar surface area (TPSA) is 58.6 Å². The van der Waals surface area contributed by atoms with Crippen LogP contribution in [0.25, 0.3) is 0 Å². The van der Waals surface area contributed by atoms with E-state index in [4.69, 9.17) is 4.74 Å². The molecule has 2 bridgehead atoms. The Bertz CT molecular complexity index is 614. The van der Waals surface area contributed by atoms with Crippen molar-refractivity contribution in [1.82, 2.24) is 4.90 Å². The summed E-state index contributed by atoms with van der Waals surface area (Å²) in [6, 6.07) is 7.19. The van der Waals surface area contributed by atoms with E-state index in [-0.39, 0.29) is 18.4 Å². The number of rotatable bonds is 7. The highest BCUT2D eigenvalue weighted by Crippen LogP contribution is 2.49. The van der Waals surface area contributed by atoms with E-state index in [0.29, 0.717) is 24.6 Å². The third kappa shape index (κ3) is 4.33. The summed E-state index contributed by atoms with van der Waals surface area (Å²) in [4.78, 5) is 26.5. The molecule has 2 aliphatic rings. The van der Waals surface area contributed by atoms with Crippen LogP contribution in [0.4, 0.5) is 5.69 Å². The Morgan fingerprint density at radius 2 is 1.96 bits per heavy atom. The summed E-state index contributed by atoms with van der Waals surface area (Å²) in [5.41, 5.74) is 0.711. The van der Waals surface area contributed by atoms with E-state index >= 15 is 0 Å². The summed E-state index contributed by atoms with van der Waals surface area (Å²) < 4.78 is 5.11. The van der Waals surface area contributed by atoms with Crippen molar-refractivity contribution in [3.8, 4) is 5.75 Å². The van der Waals surface area contributed by atoms with Gasteiger partial charge < -0.3 is 15.0 Å². The van der Waals surface area contributed by atoms with Crippen molar-refractivity contribution in [1.29, 1.82) is 0 Å². The minimum absolute atomic E-state index is 0.113. The Hall–Kier alpha value is -2.04. The smallest absolute Gasteiger partial charge is 0.243 e.